The Hall–Kier alpha value is -1.42. The van der Waals surface area contributed by atoms with Crippen LogP contribution < -0.4 is 11.2 Å². The summed E-state index contributed by atoms with van der Waals surface area (Å²) in [5.41, 5.74) is 11.7. The highest BCUT2D eigenvalue weighted by Gasteiger charge is 2.15. The first-order valence-electron chi connectivity index (χ1n) is 7.43. The van der Waals surface area contributed by atoms with Gasteiger partial charge in [0.15, 0.2) is 5.11 Å². The average molecular weight is 289 g/mol. The molecule has 0 aliphatic heterocycles. The zero-order valence-electron chi connectivity index (χ0n) is 12.1. The molecule has 0 atom stereocenters. The van der Waals surface area contributed by atoms with Crippen molar-refractivity contribution >= 4 is 23.0 Å². The fourth-order valence-electron chi connectivity index (χ4n) is 2.85. The largest absolute Gasteiger partial charge is 0.375 e. The van der Waals surface area contributed by atoms with Gasteiger partial charge in [-0.3, -0.25) is 5.43 Å². The third-order valence-corrected chi connectivity index (χ3v) is 4.05. The first-order valence-corrected chi connectivity index (χ1v) is 7.84. The van der Waals surface area contributed by atoms with E-state index in [1.54, 1.807) is 0 Å². The molecular formula is C16H23N3S. The average Bonchev–Trinajstić information content (AvgIpc) is 2.49. The monoisotopic (exact) mass is 289 g/mol. The highest BCUT2D eigenvalue weighted by Crippen LogP contribution is 2.32. The summed E-state index contributed by atoms with van der Waals surface area (Å²) in [6.45, 7) is 2.08. The number of thiocarbonyl (C=S) groups is 1. The van der Waals surface area contributed by atoms with Crippen molar-refractivity contribution in [3.05, 3.63) is 35.4 Å². The lowest BCUT2D eigenvalue weighted by atomic mass is 9.84. The summed E-state index contributed by atoms with van der Waals surface area (Å²) >= 11 is 4.78. The lowest BCUT2D eigenvalue weighted by molar-refractivity contribution is 0.443. The van der Waals surface area contributed by atoms with Crippen molar-refractivity contribution < 1.29 is 0 Å². The van der Waals surface area contributed by atoms with Crippen molar-refractivity contribution in [3.8, 4) is 0 Å². The van der Waals surface area contributed by atoms with Gasteiger partial charge in [0.1, 0.15) is 0 Å². The van der Waals surface area contributed by atoms with Crippen molar-refractivity contribution in [1.29, 1.82) is 0 Å². The summed E-state index contributed by atoms with van der Waals surface area (Å²) in [6, 6.07) is 8.82. The molecule has 0 bridgehead atoms. The van der Waals surface area contributed by atoms with Crippen molar-refractivity contribution in [2.75, 3.05) is 0 Å². The van der Waals surface area contributed by atoms with Crippen LogP contribution in [0.2, 0.25) is 0 Å². The van der Waals surface area contributed by atoms with Gasteiger partial charge < -0.3 is 5.73 Å². The van der Waals surface area contributed by atoms with Gasteiger partial charge in [-0.2, -0.15) is 5.10 Å². The number of rotatable bonds is 4. The molecule has 1 aromatic carbocycles. The first-order chi connectivity index (χ1) is 9.70. The fraction of sp³-hybridized carbons (Fsp3) is 0.500. The summed E-state index contributed by atoms with van der Waals surface area (Å²) in [7, 11) is 0. The number of nitrogens with one attached hydrogen (secondary N) is 1. The Morgan fingerprint density at radius 2 is 1.90 bits per heavy atom. The topological polar surface area (TPSA) is 50.4 Å². The third kappa shape index (κ3) is 4.04. The van der Waals surface area contributed by atoms with Crippen LogP contribution in [0, 0.1) is 0 Å². The maximum Gasteiger partial charge on any atom is 0.184 e. The summed E-state index contributed by atoms with van der Waals surface area (Å²) in [5.74, 6) is 0.745. The van der Waals surface area contributed by atoms with Gasteiger partial charge >= 0.3 is 0 Å². The molecule has 0 heterocycles. The minimum atomic E-state index is 0.203. The standard InChI is InChI=1S/C16H23N3S/c1-2-15(18-19-16(17)20)14-10-8-13(9-11-14)12-6-4-3-5-7-12/h8-12H,2-7H2,1H3,(H3,17,19,20)/b18-15+. The quantitative estimate of drug-likeness (QED) is 0.505. The SMILES string of the molecule is CC/C(=N\NC(N)=S)c1ccc(C2CCCCC2)cc1. The lowest BCUT2D eigenvalue weighted by Crippen LogP contribution is -2.25. The van der Waals surface area contributed by atoms with E-state index in [9.17, 15) is 0 Å². The van der Waals surface area contributed by atoms with Crippen LogP contribution in [0.4, 0.5) is 0 Å². The molecule has 2 rings (SSSR count). The first kappa shape index (κ1) is 15.0. The number of nitrogens with zero attached hydrogens (tertiary/aromatic N) is 1. The molecule has 0 aromatic heterocycles. The van der Waals surface area contributed by atoms with Crippen LogP contribution in [-0.2, 0) is 0 Å². The van der Waals surface area contributed by atoms with Crippen LogP contribution in [0.1, 0.15) is 62.5 Å². The van der Waals surface area contributed by atoms with Crippen LogP contribution in [0.3, 0.4) is 0 Å². The second kappa shape index (κ2) is 7.39. The second-order valence-electron chi connectivity index (χ2n) is 5.35. The van der Waals surface area contributed by atoms with E-state index in [-0.39, 0.29) is 5.11 Å². The van der Waals surface area contributed by atoms with Crippen LogP contribution in [-0.4, -0.2) is 10.8 Å². The maximum atomic E-state index is 5.41. The van der Waals surface area contributed by atoms with E-state index < -0.39 is 0 Å². The molecule has 3 nitrogen and oxygen atoms in total. The molecule has 1 saturated carbocycles. The smallest absolute Gasteiger partial charge is 0.184 e. The molecule has 0 unspecified atom stereocenters. The van der Waals surface area contributed by atoms with E-state index in [2.05, 4.69) is 41.7 Å². The molecule has 4 heteroatoms. The minimum absolute atomic E-state index is 0.203. The Kier molecular flexibility index (Phi) is 5.53. The Labute approximate surface area is 126 Å². The molecule has 0 amide bonds. The van der Waals surface area contributed by atoms with E-state index in [0.717, 1.165) is 23.6 Å². The van der Waals surface area contributed by atoms with Crippen molar-refractivity contribution in [3.63, 3.8) is 0 Å². The molecular weight excluding hydrogens is 266 g/mol. The summed E-state index contributed by atoms with van der Waals surface area (Å²) < 4.78 is 0. The lowest BCUT2D eigenvalue weighted by Gasteiger charge is -2.22. The Bertz CT molecular complexity index is 473. The zero-order valence-corrected chi connectivity index (χ0v) is 12.9. The molecule has 0 saturated heterocycles. The van der Waals surface area contributed by atoms with Crippen molar-refractivity contribution in [2.45, 2.75) is 51.4 Å². The Balaban J connectivity index is 2.09. The molecule has 1 aromatic rings. The molecule has 1 aliphatic carbocycles. The third-order valence-electron chi connectivity index (χ3n) is 3.96. The zero-order chi connectivity index (χ0) is 14.4. The predicted molar refractivity (Wildman–Crippen MR) is 89.0 cm³/mol. The molecule has 0 radical (unpaired) electrons. The fourth-order valence-corrected chi connectivity index (χ4v) is 2.90. The van der Waals surface area contributed by atoms with Crippen molar-refractivity contribution in [1.82, 2.24) is 5.43 Å². The van der Waals surface area contributed by atoms with Gasteiger partial charge in [0, 0.05) is 0 Å². The normalized spacial score (nSPS) is 16.9. The van der Waals surface area contributed by atoms with Gasteiger partial charge in [0.2, 0.25) is 0 Å². The van der Waals surface area contributed by atoms with E-state index in [0.29, 0.717) is 0 Å². The number of hydrazone groups is 1. The molecule has 108 valence electrons. The minimum Gasteiger partial charge on any atom is -0.375 e. The number of nitrogens with two attached hydrogens (primary N) is 1. The van der Waals surface area contributed by atoms with Gasteiger partial charge in [-0.05, 0) is 48.5 Å². The Morgan fingerprint density at radius 3 is 2.45 bits per heavy atom. The second-order valence-corrected chi connectivity index (χ2v) is 5.78. The predicted octanol–water partition coefficient (Wildman–Crippen LogP) is 3.68. The molecule has 1 fully saturated rings. The van der Waals surface area contributed by atoms with Crippen LogP contribution in [0.15, 0.2) is 29.4 Å². The van der Waals surface area contributed by atoms with E-state index in [4.69, 9.17) is 18.0 Å². The summed E-state index contributed by atoms with van der Waals surface area (Å²) in [5, 5.41) is 4.46. The summed E-state index contributed by atoms with van der Waals surface area (Å²) in [4.78, 5) is 0. The number of hydrogen-bond acceptors (Lipinski definition) is 2. The van der Waals surface area contributed by atoms with Gasteiger partial charge in [-0.15, -0.1) is 0 Å². The maximum absolute atomic E-state index is 5.41. The molecule has 20 heavy (non-hydrogen) atoms. The molecule has 0 spiro atoms. The Morgan fingerprint density at radius 1 is 1.25 bits per heavy atom. The van der Waals surface area contributed by atoms with Crippen LogP contribution in [0.25, 0.3) is 0 Å². The van der Waals surface area contributed by atoms with E-state index in [1.165, 1.54) is 37.7 Å². The van der Waals surface area contributed by atoms with Gasteiger partial charge in [0.25, 0.3) is 0 Å². The van der Waals surface area contributed by atoms with Crippen LogP contribution >= 0.6 is 12.2 Å². The van der Waals surface area contributed by atoms with Crippen LogP contribution in [0.5, 0.6) is 0 Å². The van der Waals surface area contributed by atoms with Crippen molar-refractivity contribution in [2.24, 2.45) is 10.8 Å². The van der Waals surface area contributed by atoms with E-state index >= 15 is 0 Å². The molecule has 3 N–H and O–H groups in total. The highest BCUT2D eigenvalue weighted by atomic mass is 32.1. The highest BCUT2D eigenvalue weighted by molar-refractivity contribution is 7.80. The van der Waals surface area contributed by atoms with Gasteiger partial charge in [-0.1, -0.05) is 50.5 Å². The van der Waals surface area contributed by atoms with Gasteiger partial charge in [0.05, 0.1) is 5.71 Å². The van der Waals surface area contributed by atoms with E-state index in [1.807, 2.05) is 0 Å². The number of benzene rings is 1. The van der Waals surface area contributed by atoms with Gasteiger partial charge in [-0.25, -0.2) is 0 Å². The molecule has 1 aliphatic rings. The number of hydrogen-bond donors (Lipinski definition) is 2. The summed E-state index contributed by atoms with van der Waals surface area (Å²) in [6.07, 6.45) is 7.64.